The lowest BCUT2D eigenvalue weighted by Gasteiger charge is -2.29. The van der Waals surface area contributed by atoms with E-state index in [4.69, 9.17) is 9.47 Å². The average Bonchev–Trinajstić information content (AvgIpc) is 2.96. The second-order valence-electron chi connectivity index (χ2n) is 6.35. The number of aromatic nitrogens is 4. The summed E-state index contributed by atoms with van der Waals surface area (Å²) in [5, 5.41) is 6.67. The van der Waals surface area contributed by atoms with Gasteiger partial charge in [-0.15, -0.1) is 0 Å². The molecule has 0 aliphatic heterocycles. The van der Waals surface area contributed by atoms with Gasteiger partial charge in [-0.2, -0.15) is 5.10 Å². The number of rotatable bonds is 6. The smallest absolute Gasteiger partial charge is 0.278 e. The standard InChI is InChI=1S/C16H23N5O4S/c1-10-14(11(2)20-19-10)26(22,23)21-12-4-6-13(7-5-12)25-16-15(24-3)17-8-9-18-16/h8-9,12-13,21H,4-7H2,1-3H3,(H,19,20). The molecule has 2 aromatic heterocycles. The summed E-state index contributed by atoms with van der Waals surface area (Å²) in [5.74, 6) is 0.713. The van der Waals surface area contributed by atoms with Gasteiger partial charge in [0.2, 0.25) is 10.0 Å². The van der Waals surface area contributed by atoms with Crippen LogP contribution in [0.5, 0.6) is 11.8 Å². The molecule has 0 amide bonds. The van der Waals surface area contributed by atoms with Gasteiger partial charge in [0, 0.05) is 18.4 Å². The van der Waals surface area contributed by atoms with Crippen LogP contribution in [0.3, 0.4) is 0 Å². The second kappa shape index (κ2) is 7.58. The summed E-state index contributed by atoms with van der Waals surface area (Å²) in [6.07, 6.45) is 5.85. The highest BCUT2D eigenvalue weighted by molar-refractivity contribution is 7.89. The summed E-state index contributed by atoms with van der Waals surface area (Å²) >= 11 is 0. The number of nitrogens with one attached hydrogen (secondary N) is 2. The van der Waals surface area contributed by atoms with E-state index >= 15 is 0 Å². The minimum atomic E-state index is -3.59. The van der Waals surface area contributed by atoms with Gasteiger partial charge in [-0.25, -0.2) is 23.1 Å². The zero-order chi connectivity index (χ0) is 18.7. The van der Waals surface area contributed by atoms with Crippen LogP contribution < -0.4 is 14.2 Å². The molecule has 2 heterocycles. The van der Waals surface area contributed by atoms with Gasteiger partial charge < -0.3 is 9.47 Å². The van der Waals surface area contributed by atoms with E-state index in [0.717, 1.165) is 12.8 Å². The van der Waals surface area contributed by atoms with E-state index in [-0.39, 0.29) is 17.0 Å². The van der Waals surface area contributed by atoms with Crippen molar-refractivity contribution in [3.8, 4) is 11.8 Å². The van der Waals surface area contributed by atoms with Crippen LogP contribution in [0.15, 0.2) is 17.3 Å². The quantitative estimate of drug-likeness (QED) is 0.778. The van der Waals surface area contributed by atoms with E-state index in [1.165, 1.54) is 13.3 Å². The highest BCUT2D eigenvalue weighted by atomic mass is 32.2. The highest BCUT2D eigenvalue weighted by Crippen LogP contribution is 2.28. The lowest BCUT2D eigenvalue weighted by molar-refractivity contribution is 0.132. The molecule has 1 fully saturated rings. The van der Waals surface area contributed by atoms with Crippen molar-refractivity contribution in [3.05, 3.63) is 23.8 Å². The molecular formula is C16H23N5O4S. The predicted octanol–water partition coefficient (Wildman–Crippen LogP) is 1.49. The van der Waals surface area contributed by atoms with E-state index in [0.29, 0.717) is 36.0 Å². The van der Waals surface area contributed by atoms with E-state index in [9.17, 15) is 8.42 Å². The minimum Gasteiger partial charge on any atom is -0.477 e. The summed E-state index contributed by atoms with van der Waals surface area (Å²) in [7, 11) is -2.08. The maximum Gasteiger partial charge on any atom is 0.278 e. The first-order valence-electron chi connectivity index (χ1n) is 8.46. The minimum absolute atomic E-state index is 0.0428. The number of nitrogens with zero attached hydrogens (tertiary/aromatic N) is 3. The zero-order valence-electron chi connectivity index (χ0n) is 15.0. The van der Waals surface area contributed by atoms with Crippen molar-refractivity contribution in [3.63, 3.8) is 0 Å². The number of aryl methyl sites for hydroxylation is 2. The molecule has 0 unspecified atom stereocenters. The van der Waals surface area contributed by atoms with Crippen LogP contribution in [0, 0.1) is 13.8 Å². The topological polar surface area (TPSA) is 119 Å². The van der Waals surface area contributed by atoms with Crippen LogP contribution in [0.2, 0.25) is 0 Å². The molecule has 1 saturated carbocycles. The van der Waals surface area contributed by atoms with Crippen molar-refractivity contribution in [2.45, 2.75) is 56.6 Å². The maximum absolute atomic E-state index is 12.6. The summed E-state index contributed by atoms with van der Waals surface area (Å²) in [4.78, 5) is 8.44. The highest BCUT2D eigenvalue weighted by Gasteiger charge is 2.29. The van der Waals surface area contributed by atoms with E-state index in [2.05, 4.69) is 24.9 Å². The molecule has 26 heavy (non-hydrogen) atoms. The Bertz CT molecular complexity index is 840. The first-order chi connectivity index (χ1) is 12.4. The van der Waals surface area contributed by atoms with Gasteiger partial charge in [-0.05, 0) is 39.5 Å². The fraction of sp³-hybridized carbons (Fsp3) is 0.562. The van der Waals surface area contributed by atoms with Crippen LogP contribution >= 0.6 is 0 Å². The molecule has 0 bridgehead atoms. The van der Waals surface area contributed by atoms with E-state index < -0.39 is 10.0 Å². The second-order valence-corrected chi connectivity index (χ2v) is 8.00. The summed E-state index contributed by atoms with van der Waals surface area (Å²) in [6, 6.07) is -0.127. The van der Waals surface area contributed by atoms with Crippen LogP contribution in [-0.2, 0) is 10.0 Å². The lowest BCUT2D eigenvalue weighted by atomic mass is 9.94. The molecule has 0 spiro atoms. The Morgan fingerprint density at radius 1 is 1.12 bits per heavy atom. The van der Waals surface area contributed by atoms with E-state index in [1.807, 2.05) is 0 Å². The molecule has 0 radical (unpaired) electrons. The van der Waals surface area contributed by atoms with Crippen LogP contribution in [-0.4, -0.2) is 47.8 Å². The first kappa shape index (κ1) is 18.6. The largest absolute Gasteiger partial charge is 0.477 e. The average molecular weight is 381 g/mol. The number of H-pyrrole nitrogens is 1. The van der Waals surface area contributed by atoms with Gasteiger partial charge in [0.05, 0.1) is 18.5 Å². The van der Waals surface area contributed by atoms with Crippen LogP contribution in [0.25, 0.3) is 0 Å². The molecule has 0 atom stereocenters. The molecule has 9 nitrogen and oxygen atoms in total. The monoisotopic (exact) mass is 381 g/mol. The molecule has 142 valence electrons. The number of sulfonamides is 1. The molecule has 3 rings (SSSR count). The van der Waals surface area contributed by atoms with Crippen molar-refractivity contribution in [2.75, 3.05) is 7.11 Å². The van der Waals surface area contributed by atoms with Gasteiger partial charge >= 0.3 is 0 Å². The van der Waals surface area contributed by atoms with Crippen LogP contribution in [0.4, 0.5) is 0 Å². The summed E-state index contributed by atoms with van der Waals surface area (Å²) < 4.78 is 39.0. The third-order valence-electron chi connectivity index (χ3n) is 4.43. The van der Waals surface area contributed by atoms with Crippen molar-refractivity contribution in [2.24, 2.45) is 0 Å². The lowest BCUT2D eigenvalue weighted by Crippen LogP contribution is -2.40. The molecule has 10 heteroatoms. The Kier molecular flexibility index (Phi) is 5.42. The third kappa shape index (κ3) is 3.96. The van der Waals surface area contributed by atoms with Gasteiger partial charge in [-0.3, -0.25) is 5.10 Å². The number of aromatic amines is 1. The maximum atomic E-state index is 12.6. The Balaban J connectivity index is 1.59. The molecule has 0 saturated heterocycles. The Labute approximate surface area is 152 Å². The van der Waals surface area contributed by atoms with Crippen molar-refractivity contribution >= 4 is 10.0 Å². The zero-order valence-corrected chi connectivity index (χ0v) is 15.8. The molecule has 1 aliphatic carbocycles. The van der Waals surface area contributed by atoms with Crippen molar-refractivity contribution < 1.29 is 17.9 Å². The number of ether oxygens (including phenoxy) is 2. The van der Waals surface area contributed by atoms with Gasteiger partial charge in [-0.1, -0.05) is 0 Å². The summed E-state index contributed by atoms with van der Waals surface area (Å²) in [5.41, 5.74) is 1.02. The fourth-order valence-electron chi connectivity index (χ4n) is 3.20. The summed E-state index contributed by atoms with van der Waals surface area (Å²) in [6.45, 7) is 3.38. The molecule has 2 N–H and O–H groups in total. The SMILES string of the molecule is COc1nccnc1OC1CCC(NS(=O)(=O)c2c(C)n[nH]c2C)CC1. The van der Waals surface area contributed by atoms with Gasteiger partial charge in [0.25, 0.3) is 11.8 Å². The molecule has 2 aromatic rings. The number of methoxy groups -OCH3 is 1. The van der Waals surface area contributed by atoms with E-state index in [1.54, 1.807) is 20.0 Å². The molecule has 0 aromatic carbocycles. The molecular weight excluding hydrogens is 358 g/mol. The predicted molar refractivity (Wildman–Crippen MR) is 93.6 cm³/mol. The Morgan fingerprint density at radius 3 is 2.35 bits per heavy atom. The van der Waals surface area contributed by atoms with Gasteiger partial charge in [0.15, 0.2) is 0 Å². The van der Waals surface area contributed by atoms with Crippen molar-refractivity contribution in [1.82, 2.24) is 24.9 Å². The molecule has 1 aliphatic rings. The third-order valence-corrected chi connectivity index (χ3v) is 6.21. The van der Waals surface area contributed by atoms with Crippen molar-refractivity contribution in [1.29, 1.82) is 0 Å². The normalized spacial score (nSPS) is 20.7. The van der Waals surface area contributed by atoms with Gasteiger partial charge in [0.1, 0.15) is 11.0 Å². The van der Waals surface area contributed by atoms with Crippen LogP contribution in [0.1, 0.15) is 37.1 Å². The fourth-order valence-corrected chi connectivity index (χ4v) is 4.88. The Morgan fingerprint density at radius 2 is 1.77 bits per heavy atom. The number of hydrogen-bond donors (Lipinski definition) is 2. The Hall–Kier alpha value is -2.20. The first-order valence-corrected chi connectivity index (χ1v) is 9.94. The number of hydrogen-bond acceptors (Lipinski definition) is 7.